The van der Waals surface area contributed by atoms with Crippen molar-refractivity contribution in [1.29, 1.82) is 0 Å². The van der Waals surface area contributed by atoms with Crippen molar-refractivity contribution in [3.8, 4) is 5.75 Å². The molecule has 0 aliphatic heterocycles. The van der Waals surface area contributed by atoms with Crippen molar-refractivity contribution in [1.82, 2.24) is 5.32 Å². The van der Waals surface area contributed by atoms with Gasteiger partial charge in [0.15, 0.2) is 0 Å². The molecule has 0 aliphatic rings. The van der Waals surface area contributed by atoms with Gasteiger partial charge in [0.05, 0.1) is 29.8 Å². The van der Waals surface area contributed by atoms with E-state index in [2.05, 4.69) is 36.5 Å². The van der Waals surface area contributed by atoms with Gasteiger partial charge in [-0.05, 0) is 54.4 Å². The van der Waals surface area contributed by atoms with Crippen molar-refractivity contribution < 1.29 is 17.9 Å². The second-order valence-corrected chi connectivity index (χ2v) is 12.0. The second kappa shape index (κ2) is 13.4. The molecule has 1 N–H and O–H groups in total. The minimum absolute atomic E-state index is 0.0753. The van der Waals surface area contributed by atoms with E-state index < -0.39 is 10.0 Å². The number of aryl methyl sites for hydroxylation is 1. The number of amides is 1. The van der Waals surface area contributed by atoms with Crippen LogP contribution in [0.25, 0.3) is 0 Å². The minimum Gasteiger partial charge on any atom is -0.497 e. The fourth-order valence-corrected chi connectivity index (χ4v) is 6.30. The predicted octanol–water partition coefficient (Wildman–Crippen LogP) is 6.06. The van der Waals surface area contributed by atoms with Gasteiger partial charge in [0.25, 0.3) is 15.9 Å². The number of carbonyl (C=O) groups is 1. The Morgan fingerprint density at radius 2 is 1.51 bits per heavy atom. The second-order valence-electron chi connectivity index (χ2n) is 8.98. The van der Waals surface area contributed by atoms with Gasteiger partial charge >= 0.3 is 0 Å². The summed E-state index contributed by atoms with van der Waals surface area (Å²) < 4.78 is 34.3. The molecular formula is C31H32N2O4S2. The lowest BCUT2D eigenvalue weighted by Crippen LogP contribution is -2.34. The van der Waals surface area contributed by atoms with Gasteiger partial charge in [0.1, 0.15) is 5.75 Å². The summed E-state index contributed by atoms with van der Waals surface area (Å²) in [5.74, 6) is 1.84. The van der Waals surface area contributed by atoms with Gasteiger partial charge in [-0.15, -0.1) is 0 Å². The molecule has 0 bridgehead atoms. The van der Waals surface area contributed by atoms with E-state index in [1.165, 1.54) is 34.7 Å². The van der Waals surface area contributed by atoms with Crippen LogP contribution in [0.15, 0.2) is 108 Å². The molecule has 4 aromatic rings. The minimum atomic E-state index is -4.00. The van der Waals surface area contributed by atoms with E-state index in [1.54, 1.807) is 48.2 Å². The average Bonchev–Trinajstić information content (AvgIpc) is 2.97. The van der Waals surface area contributed by atoms with Crippen molar-refractivity contribution in [2.24, 2.45) is 0 Å². The van der Waals surface area contributed by atoms with Gasteiger partial charge < -0.3 is 10.1 Å². The number of benzene rings is 4. The van der Waals surface area contributed by atoms with Crippen LogP contribution in [0.4, 0.5) is 5.69 Å². The van der Waals surface area contributed by atoms with E-state index in [0.717, 1.165) is 17.1 Å². The summed E-state index contributed by atoms with van der Waals surface area (Å²) in [6.07, 6.45) is 0. The summed E-state index contributed by atoms with van der Waals surface area (Å²) >= 11 is 1.73. The van der Waals surface area contributed by atoms with Crippen LogP contribution in [-0.2, 0) is 22.3 Å². The molecule has 0 fully saturated rings. The van der Waals surface area contributed by atoms with Crippen LogP contribution >= 0.6 is 11.8 Å². The summed E-state index contributed by atoms with van der Waals surface area (Å²) in [7, 11) is -2.47. The Bertz CT molecular complexity index is 1470. The number of rotatable bonds is 12. The number of nitrogens with zero attached hydrogens (tertiary/aromatic N) is 1. The highest BCUT2D eigenvalue weighted by Gasteiger charge is 2.28. The lowest BCUT2D eigenvalue weighted by atomic mass is 10.1. The molecule has 202 valence electrons. The number of methoxy groups -OCH3 is 1. The van der Waals surface area contributed by atoms with Crippen molar-refractivity contribution >= 4 is 33.4 Å². The molecule has 0 aliphatic carbocycles. The normalized spacial score (nSPS) is 11.1. The van der Waals surface area contributed by atoms with Gasteiger partial charge in [-0.1, -0.05) is 72.3 Å². The Kier molecular flexibility index (Phi) is 9.68. The van der Waals surface area contributed by atoms with E-state index in [9.17, 15) is 13.2 Å². The summed E-state index contributed by atoms with van der Waals surface area (Å²) in [6.45, 7) is 2.60. The zero-order valence-electron chi connectivity index (χ0n) is 22.0. The zero-order chi connectivity index (χ0) is 27.7. The first kappa shape index (κ1) is 28.3. The summed E-state index contributed by atoms with van der Waals surface area (Å²) in [4.78, 5) is 13.4. The van der Waals surface area contributed by atoms with E-state index in [4.69, 9.17) is 4.74 Å². The van der Waals surface area contributed by atoms with E-state index >= 15 is 0 Å². The first-order valence-corrected chi connectivity index (χ1v) is 15.2. The number of hydrogen-bond acceptors (Lipinski definition) is 5. The topological polar surface area (TPSA) is 75.7 Å². The molecule has 4 aromatic carbocycles. The van der Waals surface area contributed by atoms with E-state index in [1.807, 2.05) is 30.3 Å². The fraction of sp³-hybridized carbons (Fsp3) is 0.194. The number of hydrogen-bond donors (Lipinski definition) is 1. The molecule has 0 atom stereocenters. The Hall–Kier alpha value is -3.75. The lowest BCUT2D eigenvalue weighted by molar-refractivity contribution is 0.0957. The predicted molar refractivity (Wildman–Crippen MR) is 159 cm³/mol. The standard InChI is InChI=1S/C31H32N2O4S2/c1-24-12-14-26(15-13-24)23-38-21-20-32-31(34)29-10-6-7-11-30(29)33(22-25-8-4-3-5-9-25)39(35,36)28-18-16-27(37-2)17-19-28/h3-19H,20-23H2,1-2H3,(H,32,34). The maximum Gasteiger partial charge on any atom is 0.264 e. The molecule has 0 aromatic heterocycles. The Labute approximate surface area is 235 Å². The first-order chi connectivity index (χ1) is 18.9. The maximum atomic E-state index is 13.9. The van der Waals surface area contributed by atoms with Crippen LogP contribution in [0, 0.1) is 6.92 Å². The summed E-state index contributed by atoms with van der Waals surface area (Å²) in [5.41, 5.74) is 3.89. The molecule has 0 saturated heterocycles. The Morgan fingerprint density at radius 3 is 2.21 bits per heavy atom. The summed E-state index contributed by atoms with van der Waals surface area (Å²) in [5, 5.41) is 2.96. The van der Waals surface area contributed by atoms with Crippen molar-refractivity contribution in [3.05, 3.63) is 125 Å². The average molecular weight is 561 g/mol. The molecule has 0 saturated carbocycles. The molecule has 0 unspecified atom stereocenters. The Balaban J connectivity index is 1.54. The molecule has 39 heavy (non-hydrogen) atoms. The highest BCUT2D eigenvalue weighted by molar-refractivity contribution is 7.98. The van der Waals surface area contributed by atoms with Crippen LogP contribution in [0.3, 0.4) is 0 Å². The smallest absolute Gasteiger partial charge is 0.264 e. The molecule has 0 heterocycles. The number of anilines is 1. The van der Waals surface area contributed by atoms with Crippen LogP contribution in [0.2, 0.25) is 0 Å². The largest absolute Gasteiger partial charge is 0.497 e. The molecule has 6 nitrogen and oxygen atoms in total. The van der Waals surface area contributed by atoms with E-state index in [0.29, 0.717) is 23.5 Å². The highest BCUT2D eigenvalue weighted by atomic mass is 32.2. The van der Waals surface area contributed by atoms with Crippen LogP contribution in [-0.4, -0.2) is 33.7 Å². The monoisotopic (exact) mass is 560 g/mol. The van der Waals surface area contributed by atoms with Crippen molar-refractivity contribution in [2.45, 2.75) is 24.1 Å². The fourth-order valence-electron chi connectivity index (χ4n) is 4.01. The van der Waals surface area contributed by atoms with Crippen molar-refractivity contribution in [2.75, 3.05) is 23.7 Å². The third-order valence-corrected chi connectivity index (χ3v) is 8.96. The van der Waals surface area contributed by atoms with Crippen molar-refractivity contribution in [3.63, 3.8) is 0 Å². The number of nitrogens with one attached hydrogen (secondary N) is 1. The van der Waals surface area contributed by atoms with Crippen LogP contribution < -0.4 is 14.4 Å². The maximum absolute atomic E-state index is 13.9. The molecule has 1 amide bonds. The molecule has 4 rings (SSSR count). The number of thioether (sulfide) groups is 1. The highest BCUT2D eigenvalue weighted by Crippen LogP contribution is 2.30. The molecule has 0 radical (unpaired) electrons. The zero-order valence-corrected chi connectivity index (χ0v) is 23.7. The molecular weight excluding hydrogens is 528 g/mol. The van der Waals surface area contributed by atoms with Gasteiger partial charge in [-0.2, -0.15) is 11.8 Å². The van der Waals surface area contributed by atoms with E-state index in [-0.39, 0.29) is 17.3 Å². The summed E-state index contributed by atoms with van der Waals surface area (Å²) in [6, 6.07) is 30.8. The number of para-hydroxylation sites is 1. The third-order valence-electron chi connectivity index (χ3n) is 6.16. The number of ether oxygens (including phenoxy) is 1. The third kappa shape index (κ3) is 7.43. The quantitative estimate of drug-likeness (QED) is 0.213. The molecule has 8 heteroatoms. The van der Waals surface area contributed by atoms with Crippen LogP contribution in [0.5, 0.6) is 5.75 Å². The van der Waals surface area contributed by atoms with Gasteiger partial charge in [-0.3, -0.25) is 9.10 Å². The Morgan fingerprint density at radius 1 is 0.846 bits per heavy atom. The SMILES string of the molecule is COc1ccc(S(=O)(=O)N(Cc2ccccc2)c2ccccc2C(=O)NCCSCc2ccc(C)cc2)cc1. The molecule has 0 spiro atoms. The number of sulfonamides is 1. The van der Waals surface area contributed by atoms with Gasteiger partial charge in [-0.25, -0.2) is 8.42 Å². The first-order valence-electron chi connectivity index (χ1n) is 12.6. The van der Waals surface area contributed by atoms with Gasteiger partial charge in [0, 0.05) is 18.1 Å². The lowest BCUT2D eigenvalue weighted by Gasteiger charge is -2.26. The van der Waals surface area contributed by atoms with Gasteiger partial charge in [0.2, 0.25) is 0 Å². The number of carbonyl (C=O) groups excluding carboxylic acids is 1. The van der Waals surface area contributed by atoms with Crippen LogP contribution in [0.1, 0.15) is 27.0 Å².